The molecule has 2 aliphatic rings. The van der Waals surface area contributed by atoms with Crippen LogP contribution in [0.1, 0.15) is 10.6 Å². The number of nitrogens with zero attached hydrogens (tertiary/aromatic N) is 4. The monoisotopic (exact) mass is 342 g/mol. The number of nitriles is 1. The Balaban J connectivity index is 1.41. The lowest BCUT2D eigenvalue weighted by Gasteiger charge is -2.26. The molecule has 2 fully saturated rings. The summed E-state index contributed by atoms with van der Waals surface area (Å²) in [5.41, 5.74) is 0.561. The predicted molar refractivity (Wildman–Crippen MR) is 88.6 cm³/mol. The van der Waals surface area contributed by atoms with Crippen molar-refractivity contribution in [2.45, 2.75) is 6.54 Å². The average molecular weight is 342 g/mol. The van der Waals surface area contributed by atoms with Crippen molar-refractivity contribution in [3.8, 4) is 11.9 Å². The van der Waals surface area contributed by atoms with E-state index in [1.807, 2.05) is 11.6 Å². The fourth-order valence-electron chi connectivity index (χ4n) is 3.54. The number of hydrogen-bond acceptors (Lipinski definition) is 7. The van der Waals surface area contributed by atoms with Crippen LogP contribution in [0.25, 0.3) is 0 Å². The van der Waals surface area contributed by atoms with E-state index in [0.29, 0.717) is 24.0 Å². The van der Waals surface area contributed by atoms with Gasteiger partial charge in [0.1, 0.15) is 11.1 Å². The fourth-order valence-corrected chi connectivity index (χ4v) is 4.20. The van der Waals surface area contributed by atoms with E-state index in [9.17, 15) is 0 Å². The van der Waals surface area contributed by atoms with Crippen LogP contribution in [-0.4, -0.2) is 47.8 Å². The molecular weight excluding hydrogens is 324 g/mol. The zero-order chi connectivity index (χ0) is 16.4. The van der Waals surface area contributed by atoms with Gasteiger partial charge in [0.2, 0.25) is 5.88 Å². The van der Waals surface area contributed by atoms with Crippen molar-refractivity contribution in [1.82, 2.24) is 14.9 Å². The fraction of sp³-hybridized carbons (Fsp3) is 0.471. The quantitative estimate of drug-likeness (QED) is 0.827. The molecular formula is C17H18N4O2S. The van der Waals surface area contributed by atoms with Gasteiger partial charge in [-0.3, -0.25) is 4.90 Å². The minimum Gasteiger partial charge on any atom is -0.477 e. The Morgan fingerprint density at radius 1 is 1.46 bits per heavy atom. The van der Waals surface area contributed by atoms with Crippen LogP contribution in [0.5, 0.6) is 5.88 Å². The molecule has 0 spiro atoms. The summed E-state index contributed by atoms with van der Waals surface area (Å²) in [6.07, 6.45) is 3.40. The predicted octanol–water partition coefficient (Wildman–Crippen LogP) is 1.94. The Hall–Kier alpha value is -2.01. The highest BCUT2D eigenvalue weighted by molar-refractivity contribution is 7.09. The van der Waals surface area contributed by atoms with E-state index in [1.165, 1.54) is 0 Å². The first kappa shape index (κ1) is 15.5. The number of likely N-dealkylation sites (tertiary alicyclic amines) is 1. The Kier molecular flexibility index (Phi) is 4.19. The SMILES string of the molecule is N#Cc1ccc(OC[C@]23COC[C@H]2CN(Cc2nccs2)C3)nc1. The smallest absolute Gasteiger partial charge is 0.213 e. The summed E-state index contributed by atoms with van der Waals surface area (Å²) in [6, 6.07) is 5.54. The third-order valence-corrected chi connectivity index (χ3v) is 5.57. The minimum absolute atomic E-state index is 0.0207. The number of hydrogen-bond donors (Lipinski definition) is 0. The molecule has 2 aliphatic heterocycles. The summed E-state index contributed by atoms with van der Waals surface area (Å²) in [7, 11) is 0. The van der Waals surface area contributed by atoms with Crippen LogP contribution in [0.3, 0.4) is 0 Å². The lowest BCUT2D eigenvalue weighted by atomic mass is 9.82. The van der Waals surface area contributed by atoms with E-state index in [1.54, 1.807) is 29.7 Å². The Bertz CT molecular complexity index is 728. The van der Waals surface area contributed by atoms with Gasteiger partial charge >= 0.3 is 0 Å². The molecule has 0 unspecified atom stereocenters. The maximum atomic E-state index is 8.83. The third kappa shape index (κ3) is 3.00. The zero-order valence-corrected chi connectivity index (χ0v) is 14.0. The summed E-state index contributed by atoms with van der Waals surface area (Å²) in [4.78, 5) is 11.0. The van der Waals surface area contributed by atoms with Gasteiger partial charge in [0.25, 0.3) is 0 Å². The molecule has 0 aliphatic carbocycles. The van der Waals surface area contributed by atoms with E-state index in [0.717, 1.165) is 37.9 Å². The van der Waals surface area contributed by atoms with Gasteiger partial charge < -0.3 is 9.47 Å². The highest BCUT2D eigenvalue weighted by Gasteiger charge is 2.51. The average Bonchev–Trinajstić information content (AvgIpc) is 3.30. The molecule has 4 rings (SSSR count). The Morgan fingerprint density at radius 2 is 2.42 bits per heavy atom. The number of ether oxygens (including phenoxy) is 2. The summed E-state index contributed by atoms with van der Waals surface area (Å²) in [5, 5.41) is 12.0. The highest BCUT2D eigenvalue weighted by atomic mass is 32.1. The van der Waals surface area contributed by atoms with Gasteiger partial charge in [-0.15, -0.1) is 11.3 Å². The number of fused-ring (bicyclic) bond motifs is 1. The molecule has 2 atom stereocenters. The number of thiazole rings is 1. The molecule has 7 heteroatoms. The van der Waals surface area contributed by atoms with Gasteiger partial charge in [0.05, 0.1) is 31.9 Å². The van der Waals surface area contributed by atoms with Gasteiger partial charge in [-0.25, -0.2) is 9.97 Å². The van der Waals surface area contributed by atoms with Crippen molar-refractivity contribution < 1.29 is 9.47 Å². The second-order valence-electron chi connectivity index (χ2n) is 6.46. The van der Waals surface area contributed by atoms with E-state index in [4.69, 9.17) is 14.7 Å². The molecule has 4 heterocycles. The second-order valence-corrected chi connectivity index (χ2v) is 7.43. The van der Waals surface area contributed by atoms with Gasteiger partial charge in [-0.05, 0) is 6.07 Å². The lowest BCUT2D eigenvalue weighted by Crippen LogP contribution is -2.37. The molecule has 0 saturated carbocycles. The normalized spacial score (nSPS) is 26.2. The van der Waals surface area contributed by atoms with Crippen molar-refractivity contribution in [2.24, 2.45) is 11.3 Å². The summed E-state index contributed by atoms with van der Waals surface area (Å²) in [5.74, 6) is 1.04. The maximum absolute atomic E-state index is 8.83. The molecule has 124 valence electrons. The third-order valence-electron chi connectivity index (χ3n) is 4.81. The van der Waals surface area contributed by atoms with Crippen LogP contribution in [0.4, 0.5) is 0 Å². The van der Waals surface area contributed by atoms with Crippen molar-refractivity contribution in [1.29, 1.82) is 5.26 Å². The molecule has 6 nitrogen and oxygen atoms in total. The zero-order valence-electron chi connectivity index (χ0n) is 13.2. The summed E-state index contributed by atoms with van der Waals surface area (Å²) >= 11 is 1.70. The molecule has 2 aromatic heterocycles. The molecule has 0 radical (unpaired) electrons. The minimum atomic E-state index is 0.0207. The van der Waals surface area contributed by atoms with Gasteiger partial charge in [0.15, 0.2) is 0 Å². The first-order valence-electron chi connectivity index (χ1n) is 7.95. The van der Waals surface area contributed by atoms with E-state index >= 15 is 0 Å². The van der Waals surface area contributed by atoms with Crippen LogP contribution in [0.2, 0.25) is 0 Å². The summed E-state index contributed by atoms with van der Waals surface area (Å²) in [6.45, 7) is 4.97. The first-order chi connectivity index (χ1) is 11.8. The van der Waals surface area contributed by atoms with Crippen LogP contribution >= 0.6 is 11.3 Å². The van der Waals surface area contributed by atoms with Gasteiger partial charge in [-0.1, -0.05) is 0 Å². The van der Waals surface area contributed by atoms with Crippen LogP contribution in [0.15, 0.2) is 29.9 Å². The van der Waals surface area contributed by atoms with Gasteiger partial charge in [-0.2, -0.15) is 5.26 Å². The first-order valence-corrected chi connectivity index (χ1v) is 8.83. The maximum Gasteiger partial charge on any atom is 0.213 e. The van der Waals surface area contributed by atoms with Crippen molar-refractivity contribution >= 4 is 11.3 Å². The molecule has 24 heavy (non-hydrogen) atoms. The topological polar surface area (TPSA) is 71.3 Å². The molecule has 0 bridgehead atoms. The summed E-state index contributed by atoms with van der Waals surface area (Å²) < 4.78 is 11.7. The second kappa shape index (κ2) is 6.48. The molecule has 2 saturated heterocycles. The number of rotatable bonds is 5. The largest absolute Gasteiger partial charge is 0.477 e. The van der Waals surface area contributed by atoms with Crippen molar-refractivity contribution in [2.75, 3.05) is 32.9 Å². The van der Waals surface area contributed by atoms with E-state index < -0.39 is 0 Å². The molecule has 0 N–H and O–H groups in total. The van der Waals surface area contributed by atoms with E-state index in [2.05, 4.69) is 20.9 Å². The van der Waals surface area contributed by atoms with Crippen LogP contribution in [0, 0.1) is 22.7 Å². The van der Waals surface area contributed by atoms with E-state index in [-0.39, 0.29) is 5.41 Å². The van der Waals surface area contributed by atoms with Gasteiger partial charge in [0, 0.05) is 48.3 Å². The van der Waals surface area contributed by atoms with Crippen LogP contribution in [-0.2, 0) is 11.3 Å². The molecule has 0 amide bonds. The Labute approximate surface area is 144 Å². The molecule has 2 aromatic rings. The number of aromatic nitrogens is 2. The standard InChI is InChI=1S/C17H18N4O2S/c18-5-13-1-2-15(20-6-13)23-12-17-10-21(7-14(17)9-22-11-17)8-16-19-3-4-24-16/h1-4,6,14H,7-12H2/t14-,17+/m1/s1. The van der Waals surface area contributed by atoms with Crippen LogP contribution < -0.4 is 4.74 Å². The van der Waals surface area contributed by atoms with Crippen molar-refractivity contribution in [3.63, 3.8) is 0 Å². The van der Waals surface area contributed by atoms with Crippen molar-refractivity contribution in [3.05, 3.63) is 40.5 Å². The number of pyridine rings is 1. The Morgan fingerprint density at radius 3 is 3.17 bits per heavy atom. The molecule has 0 aromatic carbocycles. The lowest BCUT2D eigenvalue weighted by molar-refractivity contribution is 0.0881. The highest BCUT2D eigenvalue weighted by Crippen LogP contribution is 2.42.